The number of likely N-dealkylation sites (N-methyl/N-ethyl adjacent to an activating group) is 1. The maximum absolute atomic E-state index is 4.08. The molecule has 2 unspecified atom stereocenters. The lowest BCUT2D eigenvalue weighted by Crippen LogP contribution is -2.21. The van der Waals surface area contributed by atoms with Crippen LogP contribution in [0.15, 0.2) is 34.4 Å². The molecule has 0 aliphatic rings. The maximum atomic E-state index is 4.08. The summed E-state index contributed by atoms with van der Waals surface area (Å²) in [5.41, 5.74) is 2.61. The fraction of sp³-hybridized carbons (Fsp3) is 0.357. The first-order valence-electron chi connectivity index (χ1n) is 5.96. The normalized spacial score (nSPS) is 14.4. The highest BCUT2D eigenvalue weighted by molar-refractivity contribution is 9.11. The third-order valence-corrected chi connectivity index (χ3v) is 5.45. The number of thiophene rings is 1. The molecule has 0 bridgehead atoms. The van der Waals surface area contributed by atoms with Crippen LogP contribution in [-0.4, -0.2) is 12.0 Å². The highest BCUT2D eigenvalue weighted by atomic mass is 79.9. The summed E-state index contributed by atoms with van der Waals surface area (Å²) in [6, 6.07) is 6.77. The molecular formula is C14H17BrN2S. The van der Waals surface area contributed by atoms with Crippen LogP contribution in [0.1, 0.15) is 34.9 Å². The second-order valence-corrected chi connectivity index (χ2v) is 6.84. The number of nitrogens with zero attached hydrogens (tertiary/aromatic N) is 1. The van der Waals surface area contributed by atoms with Crippen LogP contribution in [0.5, 0.6) is 0 Å². The van der Waals surface area contributed by atoms with E-state index in [9.17, 15) is 0 Å². The maximum Gasteiger partial charge on any atom is 0.0731 e. The summed E-state index contributed by atoms with van der Waals surface area (Å²) in [4.78, 5) is 5.45. The van der Waals surface area contributed by atoms with E-state index in [4.69, 9.17) is 0 Å². The van der Waals surface area contributed by atoms with Crippen molar-refractivity contribution in [1.82, 2.24) is 10.3 Å². The van der Waals surface area contributed by atoms with Gasteiger partial charge in [-0.15, -0.1) is 11.3 Å². The fourth-order valence-corrected chi connectivity index (χ4v) is 3.92. The molecule has 0 aromatic carbocycles. The zero-order valence-electron chi connectivity index (χ0n) is 10.8. The molecule has 0 aliphatic carbocycles. The van der Waals surface area contributed by atoms with Gasteiger partial charge in [0, 0.05) is 29.2 Å². The van der Waals surface area contributed by atoms with Gasteiger partial charge in [0.2, 0.25) is 0 Å². The third-order valence-electron chi connectivity index (χ3n) is 3.23. The van der Waals surface area contributed by atoms with E-state index in [1.807, 2.05) is 30.8 Å². The molecule has 0 saturated heterocycles. The molecule has 18 heavy (non-hydrogen) atoms. The van der Waals surface area contributed by atoms with Crippen molar-refractivity contribution < 1.29 is 0 Å². The number of pyridine rings is 1. The van der Waals surface area contributed by atoms with Crippen LogP contribution in [0.25, 0.3) is 0 Å². The molecule has 0 aliphatic heterocycles. The molecule has 0 saturated carbocycles. The molecule has 0 radical (unpaired) electrons. The third kappa shape index (κ3) is 2.82. The smallest absolute Gasteiger partial charge is 0.0731 e. The molecule has 2 rings (SSSR count). The van der Waals surface area contributed by atoms with Crippen LogP contribution in [0, 0.1) is 6.92 Å². The zero-order valence-corrected chi connectivity index (χ0v) is 13.2. The Morgan fingerprint density at radius 3 is 2.50 bits per heavy atom. The first-order chi connectivity index (χ1) is 8.63. The predicted molar refractivity (Wildman–Crippen MR) is 81.2 cm³/mol. The minimum absolute atomic E-state index is 0.336. The molecule has 0 fully saturated rings. The average Bonchev–Trinajstić information content (AvgIpc) is 2.71. The average molecular weight is 325 g/mol. The number of aryl methyl sites for hydroxylation is 1. The first-order valence-corrected chi connectivity index (χ1v) is 7.57. The summed E-state index contributed by atoms with van der Waals surface area (Å²) >= 11 is 5.41. The summed E-state index contributed by atoms with van der Waals surface area (Å²) in [6.45, 7) is 4.38. The van der Waals surface area contributed by atoms with Crippen molar-refractivity contribution in [2.24, 2.45) is 0 Å². The van der Waals surface area contributed by atoms with E-state index in [0.717, 1.165) is 0 Å². The fourth-order valence-electron chi connectivity index (χ4n) is 2.13. The van der Waals surface area contributed by atoms with E-state index in [1.54, 1.807) is 0 Å². The molecular weight excluding hydrogens is 308 g/mol. The lowest BCUT2D eigenvalue weighted by atomic mass is 9.93. The van der Waals surface area contributed by atoms with Gasteiger partial charge in [0.25, 0.3) is 0 Å². The summed E-state index contributed by atoms with van der Waals surface area (Å²) < 4.78 is 1.22. The van der Waals surface area contributed by atoms with Gasteiger partial charge in [0.1, 0.15) is 0 Å². The monoisotopic (exact) mass is 324 g/mol. The number of aromatic nitrogens is 1. The topological polar surface area (TPSA) is 24.9 Å². The van der Waals surface area contributed by atoms with Gasteiger partial charge < -0.3 is 5.32 Å². The Bertz CT molecular complexity index is 490. The van der Waals surface area contributed by atoms with Crippen LogP contribution in [0.4, 0.5) is 0 Å². The van der Waals surface area contributed by atoms with Gasteiger partial charge in [-0.1, -0.05) is 6.92 Å². The van der Waals surface area contributed by atoms with Gasteiger partial charge in [0.05, 0.1) is 3.79 Å². The second-order valence-electron chi connectivity index (χ2n) is 4.44. The highest BCUT2D eigenvalue weighted by Crippen LogP contribution is 2.37. The largest absolute Gasteiger partial charge is 0.312 e. The van der Waals surface area contributed by atoms with Crippen molar-refractivity contribution in [3.05, 3.63) is 50.4 Å². The van der Waals surface area contributed by atoms with Crippen molar-refractivity contribution in [1.29, 1.82) is 0 Å². The lowest BCUT2D eigenvalue weighted by Gasteiger charge is -2.22. The van der Waals surface area contributed by atoms with E-state index in [2.05, 4.69) is 58.3 Å². The number of rotatable bonds is 4. The van der Waals surface area contributed by atoms with Gasteiger partial charge in [-0.25, -0.2) is 0 Å². The van der Waals surface area contributed by atoms with Crippen LogP contribution in [0.3, 0.4) is 0 Å². The van der Waals surface area contributed by atoms with Crippen LogP contribution < -0.4 is 5.32 Å². The molecule has 4 heteroatoms. The Hall–Kier alpha value is -0.710. The van der Waals surface area contributed by atoms with Gasteiger partial charge in [0.15, 0.2) is 0 Å². The van der Waals surface area contributed by atoms with Crippen molar-refractivity contribution in [3.63, 3.8) is 0 Å². The number of halogens is 1. The second kappa shape index (κ2) is 5.95. The summed E-state index contributed by atoms with van der Waals surface area (Å²) in [5.74, 6) is 0.419. The molecule has 2 aromatic heterocycles. The molecule has 96 valence electrons. The predicted octanol–water partition coefficient (Wildman–Crippen LogP) is 4.28. The Morgan fingerprint density at radius 1 is 1.33 bits per heavy atom. The molecule has 0 amide bonds. The Labute approximate surface area is 121 Å². The van der Waals surface area contributed by atoms with Crippen molar-refractivity contribution in [3.8, 4) is 0 Å². The molecule has 2 atom stereocenters. The summed E-state index contributed by atoms with van der Waals surface area (Å²) in [5, 5.41) is 3.43. The summed E-state index contributed by atoms with van der Waals surface area (Å²) in [6.07, 6.45) is 3.71. The van der Waals surface area contributed by atoms with E-state index in [1.165, 1.54) is 19.8 Å². The van der Waals surface area contributed by atoms with E-state index in [0.29, 0.717) is 12.0 Å². The number of nitrogens with one attached hydrogen (secondary N) is 1. The molecule has 2 nitrogen and oxygen atoms in total. The van der Waals surface area contributed by atoms with Crippen molar-refractivity contribution >= 4 is 27.3 Å². The minimum Gasteiger partial charge on any atom is -0.312 e. The lowest BCUT2D eigenvalue weighted by molar-refractivity contribution is 0.515. The van der Waals surface area contributed by atoms with Crippen LogP contribution in [-0.2, 0) is 0 Å². The van der Waals surface area contributed by atoms with Crippen molar-refractivity contribution in [2.45, 2.75) is 25.8 Å². The van der Waals surface area contributed by atoms with E-state index < -0.39 is 0 Å². The quantitative estimate of drug-likeness (QED) is 0.908. The zero-order chi connectivity index (χ0) is 13.1. The van der Waals surface area contributed by atoms with E-state index >= 15 is 0 Å². The van der Waals surface area contributed by atoms with Crippen LogP contribution in [0.2, 0.25) is 0 Å². The Kier molecular flexibility index (Phi) is 4.54. The van der Waals surface area contributed by atoms with Gasteiger partial charge >= 0.3 is 0 Å². The van der Waals surface area contributed by atoms with Gasteiger partial charge in [-0.05, 0) is 59.2 Å². The van der Waals surface area contributed by atoms with Crippen molar-refractivity contribution in [2.75, 3.05) is 7.05 Å². The van der Waals surface area contributed by atoms with Gasteiger partial charge in [-0.3, -0.25) is 4.98 Å². The standard InChI is InChI=1S/C14H17BrN2S/c1-9-8-12(18-14(9)15)13(16-3)10(2)11-4-6-17-7-5-11/h4-8,10,13,16H,1-3H3. The first kappa shape index (κ1) is 13.7. The molecule has 1 N–H and O–H groups in total. The molecule has 0 spiro atoms. The van der Waals surface area contributed by atoms with Gasteiger partial charge in [-0.2, -0.15) is 0 Å². The summed E-state index contributed by atoms with van der Waals surface area (Å²) in [7, 11) is 2.02. The highest BCUT2D eigenvalue weighted by Gasteiger charge is 2.21. The van der Waals surface area contributed by atoms with E-state index in [-0.39, 0.29) is 0 Å². The number of hydrogen-bond donors (Lipinski definition) is 1. The number of hydrogen-bond acceptors (Lipinski definition) is 3. The Balaban J connectivity index is 2.29. The molecule has 2 heterocycles. The molecule has 2 aromatic rings. The Morgan fingerprint density at radius 2 is 2.00 bits per heavy atom. The minimum atomic E-state index is 0.336. The van der Waals surface area contributed by atoms with Crippen LogP contribution >= 0.6 is 27.3 Å². The SMILES string of the molecule is CNC(c1cc(C)c(Br)s1)C(C)c1ccncc1.